The zero-order valence-electron chi connectivity index (χ0n) is 46.3. The van der Waals surface area contributed by atoms with Crippen molar-refractivity contribution in [2.45, 2.75) is 107 Å². The summed E-state index contributed by atoms with van der Waals surface area (Å²) >= 11 is 16.2. The van der Waals surface area contributed by atoms with E-state index in [1.165, 1.54) is 22.3 Å². The van der Waals surface area contributed by atoms with E-state index in [0.29, 0.717) is 16.5 Å². The standard InChI is InChI=1S/C35H37ClN2O2S.C34H36ClNO2S/c1-34(2,40)30-9-4-3-7-25(30)13-17-32(41-23-35(18-19-35)22-33(37)39)27-8-5-6-24(20-27)10-15-29-16-12-26-11-14-28(36)21-31(26)38-29;1-33(2,38)30-9-4-3-7-25(30)13-17-32(39-23-34(22-37)18-19-34)27-8-5-6-24(20-27)10-15-29-16-12-26-11-14-28(35)21-31(26)36-29/h3-12,14-16,20-21,32,40H,13,17-19,22-23H2,1-2H3,(H2,37,39);3-12,14-16,20-21,32,37-38H,13,17-19,22-23H2,1-2H3/b2*15-10+/t2*32-/m11/s1. The normalized spacial score (nSPS) is 15.5. The van der Waals surface area contributed by atoms with Crippen LogP contribution in [-0.2, 0) is 28.8 Å². The Bertz CT molecular complexity index is 3500. The van der Waals surface area contributed by atoms with Gasteiger partial charge in [0.1, 0.15) is 0 Å². The van der Waals surface area contributed by atoms with Crippen LogP contribution in [0, 0.1) is 10.8 Å². The van der Waals surface area contributed by atoms with Crippen molar-refractivity contribution in [3.8, 4) is 0 Å². The first-order valence-electron chi connectivity index (χ1n) is 27.8. The van der Waals surface area contributed by atoms with Gasteiger partial charge in [0.2, 0.25) is 5.91 Å². The number of aryl methyl sites for hydroxylation is 2. The Morgan fingerprint density at radius 2 is 1.00 bits per heavy atom. The Morgan fingerprint density at radius 3 is 1.41 bits per heavy atom. The highest BCUT2D eigenvalue weighted by Gasteiger charge is 2.44. The number of aliphatic hydroxyl groups is 3. The molecule has 6 aromatic carbocycles. The van der Waals surface area contributed by atoms with Crippen LogP contribution in [0.25, 0.3) is 46.1 Å². The molecule has 2 atom stereocenters. The quantitative estimate of drug-likeness (QED) is 0.0498. The van der Waals surface area contributed by atoms with Gasteiger partial charge >= 0.3 is 0 Å². The van der Waals surface area contributed by atoms with Crippen molar-refractivity contribution in [1.29, 1.82) is 0 Å². The van der Waals surface area contributed by atoms with Crippen LogP contribution in [0.15, 0.2) is 158 Å². The molecule has 2 aliphatic carbocycles. The molecule has 8 aromatic rings. The van der Waals surface area contributed by atoms with E-state index >= 15 is 0 Å². The predicted molar refractivity (Wildman–Crippen MR) is 339 cm³/mol. The predicted octanol–water partition coefficient (Wildman–Crippen LogP) is 16.8. The number of benzene rings is 6. The summed E-state index contributed by atoms with van der Waals surface area (Å²) in [6, 6.07) is 53.5. The van der Waals surface area contributed by atoms with Gasteiger partial charge < -0.3 is 21.1 Å². The number of aliphatic hydroxyl groups excluding tert-OH is 1. The van der Waals surface area contributed by atoms with Crippen LogP contribution in [0.2, 0.25) is 10.0 Å². The molecule has 2 fully saturated rings. The molecule has 414 valence electrons. The van der Waals surface area contributed by atoms with E-state index in [-0.39, 0.29) is 33.8 Å². The number of halogens is 2. The molecule has 1 amide bonds. The van der Waals surface area contributed by atoms with Crippen LogP contribution in [-0.4, -0.2) is 49.3 Å². The number of amides is 1. The molecule has 0 aliphatic heterocycles. The molecule has 0 unspecified atom stereocenters. The largest absolute Gasteiger partial charge is 0.396 e. The molecule has 0 saturated heterocycles. The summed E-state index contributed by atoms with van der Waals surface area (Å²) in [5.74, 6) is 1.66. The fourth-order valence-corrected chi connectivity index (χ4v) is 13.9. The number of carbonyl (C=O) groups is 1. The summed E-state index contributed by atoms with van der Waals surface area (Å²) in [6.07, 6.45) is 16.7. The molecule has 10 rings (SSSR count). The first kappa shape index (κ1) is 58.9. The van der Waals surface area contributed by atoms with Crippen LogP contribution in [0.4, 0.5) is 0 Å². The van der Waals surface area contributed by atoms with Crippen LogP contribution >= 0.6 is 46.7 Å². The zero-order chi connectivity index (χ0) is 56.5. The van der Waals surface area contributed by atoms with Gasteiger partial charge in [0, 0.05) is 61.3 Å². The number of hydrogen-bond acceptors (Lipinski definition) is 8. The van der Waals surface area contributed by atoms with Crippen molar-refractivity contribution in [2.24, 2.45) is 16.6 Å². The highest BCUT2D eigenvalue weighted by molar-refractivity contribution is 7.99. The van der Waals surface area contributed by atoms with Crippen molar-refractivity contribution in [1.82, 2.24) is 9.97 Å². The summed E-state index contributed by atoms with van der Waals surface area (Å²) in [4.78, 5) is 21.2. The third kappa shape index (κ3) is 16.2. The second-order valence-electron chi connectivity index (χ2n) is 23.1. The fourth-order valence-electron chi connectivity index (χ4n) is 10.4. The summed E-state index contributed by atoms with van der Waals surface area (Å²) < 4.78 is 0. The lowest BCUT2D eigenvalue weighted by Gasteiger charge is -2.24. The molecule has 2 saturated carbocycles. The number of rotatable bonds is 23. The minimum Gasteiger partial charge on any atom is -0.396 e. The van der Waals surface area contributed by atoms with Crippen LogP contribution in [0.1, 0.15) is 139 Å². The number of thioether (sulfide) groups is 2. The van der Waals surface area contributed by atoms with Gasteiger partial charge in [-0.15, -0.1) is 0 Å². The maximum atomic E-state index is 11.7. The lowest BCUT2D eigenvalue weighted by atomic mass is 9.90. The molecule has 11 heteroatoms. The van der Waals surface area contributed by atoms with Crippen molar-refractivity contribution in [2.75, 3.05) is 18.1 Å². The van der Waals surface area contributed by atoms with E-state index in [1.54, 1.807) is 0 Å². The molecule has 5 N–H and O–H groups in total. The SMILES string of the molecule is CC(C)(O)c1ccccc1CC[C@@H](SCC1(CC(N)=O)CC1)c1cccc(/C=C/c2ccc3ccc(Cl)cc3n2)c1.CC(C)(O)c1ccccc1CC[C@@H](SCC1(CO)CC1)c1cccc(/C=C/c2ccc3ccc(Cl)cc3n2)c1. The van der Waals surface area contributed by atoms with E-state index in [9.17, 15) is 20.1 Å². The maximum absolute atomic E-state index is 11.7. The number of fused-ring (bicyclic) bond motifs is 2. The summed E-state index contributed by atoms with van der Waals surface area (Å²) in [5, 5.41) is 35.4. The Hall–Kier alpha value is -5.75. The van der Waals surface area contributed by atoms with E-state index in [1.807, 2.05) is 142 Å². The molecule has 80 heavy (non-hydrogen) atoms. The third-order valence-electron chi connectivity index (χ3n) is 15.5. The van der Waals surface area contributed by atoms with Crippen molar-refractivity contribution in [3.63, 3.8) is 0 Å². The van der Waals surface area contributed by atoms with Crippen LogP contribution in [0.3, 0.4) is 0 Å². The highest BCUT2D eigenvalue weighted by atomic mass is 35.5. The van der Waals surface area contributed by atoms with Crippen molar-refractivity contribution >= 4 is 98.7 Å². The topological polar surface area (TPSA) is 130 Å². The number of carbonyl (C=O) groups excluding carboxylic acids is 1. The first-order chi connectivity index (χ1) is 38.3. The van der Waals surface area contributed by atoms with Gasteiger partial charge in [-0.3, -0.25) is 4.79 Å². The first-order valence-corrected chi connectivity index (χ1v) is 30.6. The number of primary amides is 1. The van der Waals surface area contributed by atoms with E-state index < -0.39 is 11.2 Å². The van der Waals surface area contributed by atoms with E-state index in [0.717, 1.165) is 118 Å². The van der Waals surface area contributed by atoms with Crippen molar-refractivity contribution < 1.29 is 20.1 Å². The highest BCUT2D eigenvalue weighted by Crippen LogP contribution is 2.54. The molecule has 2 heterocycles. The molecule has 0 radical (unpaired) electrons. The maximum Gasteiger partial charge on any atom is 0.218 e. The Kier molecular flexibility index (Phi) is 19.1. The third-order valence-corrected chi connectivity index (χ3v) is 19.3. The molecule has 0 bridgehead atoms. The molecule has 2 aliphatic rings. The number of nitrogens with two attached hydrogens (primary N) is 1. The van der Waals surface area contributed by atoms with Gasteiger partial charge in [0.25, 0.3) is 0 Å². The molecule has 0 spiro atoms. The Labute approximate surface area is 491 Å². The zero-order valence-corrected chi connectivity index (χ0v) is 49.4. The van der Waals surface area contributed by atoms with Gasteiger partial charge in [-0.25, -0.2) is 9.97 Å². The van der Waals surface area contributed by atoms with Gasteiger partial charge in [-0.1, -0.05) is 157 Å². The average molecular weight is 1140 g/mol. The van der Waals surface area contributed by atoms with E-state index in [4.69, 9.17) is 38.9 Å². The van der Waals surface area contributed by atoms with Gasteiger partial charge in [-0.2, -0.15) is 23.5 Å². The van der Waals surface area contributed by atoms with E-state index in [2.05, 4.69) is 91.0 Å². The molecule has 2 aromatic heterocycles. The monoisotopic (exact) mass is 1140 g/mol. The van der Waals surface area contributed by atoms with Crippen LogP contribution < -0.4 is 5.73 Å². The van der Waals surface area contributed by atoms with Gasteiger partial charge in [-0.05, 0) is 178 Å². The fraction of sp³-hybridized carbons (Fsp3) is 0.319. The van der Waals surface area contributed by atoms with Gasteiger partial charge in [0.05, 0.1) is 33.6 Å². The Balaban J connectivity index is 0.000000194. The molecular weight excluding hydrogens is 1070 g/mol. The van der Waals surface area contributed by atoms with Crippen LogP contribution in [0.5, 0.6) is 0 Å². The smallest absolute Gasteiger partial charge is 0.218 e. The summed E-state index contributed by atoms with van der Waals surface area (Å²) in [5.41, 5.74) is 16.6. The number of aromatic nitrogens is 2. The van der Waals surface area contributed by atoms with Gasteiger partial charge in [0.15, 0.2) is 0 Å². The number of pyridine rings is 2. The molecular formula is C69H73Cl2N3O4S2. The van der Waals surface area contributed by atoms with Crippen molar-refractivity contribution in [3.05, 3.63) is 224 Å². The Morgan fingerprint density at radius 1 is 0.575 bits per heavy atom. The average Bonchev–Trinajstić information content (AvgIpc) is 4.40. The number of nitrogens with zero attached hydrogens (tertiary/aromatic N) is 2. The summed E-state index contributed by atoms with van der Waals surface area (Å²) in [7, 11) is 0. The molecule has 7 nitrogen and oxygen atoms in total. The second-order valence-corrected chi connectivity index (χ2v) is 26.3. The lowest BCUT2D eigenvalue weighted by molar-refractivity contribution is -0.119. The lowest BCUT2D eigenvalue weighted by Crippen LogP contribution is -2.19. The number of hydrogen-bond donors (Lipinski definition) is 4. The summed E-state index contributed by atoms with van der Waals surface area (Å²) in [6.45, 7) is 7.65. The minimum absolute atomic E-state index is 0.0436. The minimum atomic E-state index is -0.897. The second kappa shape index (κ2) is 26.0.